The fraction of sp³-hybridized carbons (Fsp3) is 0.200. The summed E-state index contributed by atoms with van der Waals surface area (Å²) in [7, 11) is 1.36. The summed E-state index contributed by atoms with van der Waals surface area (Å²) in [6.45, 7) is -0.155. The van der Waals surface area contributed by atoms with E-state index in [4.69, 9.17) is 5.26 Å². The molecule has 1 aromatic carbocycles. The van der Waals surface area contributed by atoms with Gasteiger partial charge in [0.15, 0.2) is 5.78 Å². The number of hydrogen-bond donors (Lipinski definition) is 0. The Balaban J connectivity index is 3.15. The molecule has 0 aliphatic carbocycles. The standard InChI is InChI=1S/C10H8FNO2/c1-14-6-10(13)7-3-2-4-9(11)8(7)5-12/h2-4H,6H2,1H3. The number of rotatable bonds is 3. The van der Waals surface area contributed by atoms with Gasteiger partial charge < -0.3 is 4.74 Å². The molecular formula is C10H8FNO2. The van der Waals surface area contributed by atoms with E-state index in [2.05, 4.69) is 4.74 Å². The van der Waals surface area contributed by atoms with Crippen molar-refractivity contribution in [3.63, 3.8) is 0 Å². The lowest BCUT2D eigenvalue weighted by molar-refractivity contribution is 0.0847. The van der Waals surface area contributed by atoms with Gasteiger partial charge >= 0.3 is 0 Å². The molecule has 0 saturated carbocycles. The normalized spacial score (nSPS) is 9.50. The fourth-order valence-electron chi connectivity index (χ4n) is 1.08. The van der Waals surface area contributed by atoms with Crippen molar-refractivity contribution in [1.82, 2.24) is 0 Å². The molecule has 0 unspecified atom stereocenters. The van der Waals surface area contributed by atoms with Gasteiger partial charge in [-0.1, -0.05) is 6.07 Å². The van der Waals surface area contributed by atoms with E-state index < -0.39 is 11.6 Å². The number of nitrogens with zero attached hydrogens (tertiary/aromatic N) is 1. The van der Waals surface area contributed by atoms with Gasteiger partial charge in [-0.2, -0.15) is 5.26 Å². The van der Waals surface area contributed by atoms with Gasteiger partial charge in [-0.15, -0.1) is 0 Å². The second kappa shape index (κ2) is 4.49. The van der Waals surface area contributed by atoms with Gasteiger partial charge in [0.2, 0.25) is 0 Å². The predicted octanol–water partition coefficient (Wildman–Crippen LogP) is 1.53. The minimum absolute atomic E-state index is 0.0642. The number of carbonyl (C=O) groups is 1. The van der Waals surface area contributed by atoms with Gasteiger partial charge in [-0.25, -0.2) is 4.39 Å². The molecule has 0 aliphatic rings. The van der Waals surface area contributed by atoms with E-state index >= 15 is 0 Å². The Labute approximate surface area is 80.7 Å². The summed E-state index contributed by atoms with van der Waals surface area (Å²) in [5.74, 6) is -1.09. The first-order chi connectivity index (χ1) is 6.70. The molecule has 0 atom stereocenters. The monoisotopic (exact) mass is 193 g/mol. The molecule has 0 spiro atoms. The number of hydrogen-bond acceptors (Lipinski definition) is 3. The number of methoxy groups -OCH3 is 1. The molecule has 0 aromatic heterocycles. The third-order valence-electron chi connectivity index (χ3n) is 1.70. The van der Waals surface area contributed by atoms with Gasteiger partial charge in [0.1, 0.15) is 18.5 Å². The van der Waals surface area contributed by atoms with E-state index in [9.17, 15) is 9.18 Å². The van der Waals surface area contributed by atoms with Crippen LogP contribution in [0.25, 0.3) is 0 Å². The summed E-state index contributed by atoms with van der Waals surface area (Å²) in [5.41, 5.74) is -0.163. The zero-order chi connectivity index (χ0) is 10.6. The second-order valence-electron chi connectivity index (χ2n) is 2.63. The molecule has 0 aliphatic heterocycles. The number of halogens is 1. The van der Waals surface area contributed by atoms with E-state index in [-0.39, 0.29) is 17.7 Å². The van der Waals surface area contributed by atoms with Crippen molar-refractivity contribution in [2.75, 3.05) is 13.7 Å². The molecule has 4 heteroatoms. The molecule has 72 valence electrons. The van der Waals surface area contributed by atoms with E-state index in [1.165, 1.54) is 19.2 Å². The van der Waals surface area contributed by atoms with Crippen molar-refractivity contribution in [2.45, 2.75) is 0 Å². The molecule has 1 aromatic rings. The van der Waals surface area contributed by atoms with Gasteiger partial charge in [-0.3, -0.25) is 4.79 Å². The maximum atomic E-state index is 13.0. The number of carbonyl (C=O) groups excluding carboxylic acids is 1. The van der Waals surface area contributed by atoms with Crippen LogP contribution in [0, 0.1) is 17.1 Å². The van der Waals surface area contributed by atoms with Crippen LogP contribution in [0.3, 0.4) is 0 Å². The van der Waals surface area contributed by atoms with Gasteiger partial charge in [0.05, 0.1) is 5.56 Å². The SMILES string of the molecule is COCC(=O)c1cccc(F)c1C#N. The Hall–Kier alpha value is -1.73. The average molecular weight is 193 g/mol. The Morgan fingerprint density at radius 2 is 2.36 bits per heavy atom. The highest BCUT2D eigenvalue weighted by molar-refractivity contribution is 5.99. The number of benzene rings is 1. The van der Waals surface area contributed by atoms with Crippen LogP contribution in [0.1, 0.15) is 15.9 Å². The largest absolute Gasteiger partial charge is 0.377 e. The quantitative estimate of drug-likeness (QED) is 0.684. The molecular weight excluding hydrogens is 185 g/mol. The predicted molar refractivity (Wildman–Crippen MR) is 47.3 cm³/mol. The van der Waals surface area contributed by atoms with Crippen LogP contribution in [-0.4, -0.2) is 19.5 Å². The Kier molecular flexibility index (Phi) is 3.32. The first-order valence-electron chi connectivity index (χ1n) is 3.91. The summed E-state index contributed by atoms with van der Waals surface area (Å²) < 4.78 is 17.7. The van der Waals surface area contributed by atoms with Gasteiger partial charge in [0.25, 0.3) is 0 Å². The Morgan fingerprint density at radius 3 is 2.93 bits per heavy atom. The lowest BCUT2D eigenvalue weighted by Gasteiger charge is -2.02. The molecule has 0 bridgehead atoms. The zero-order valence-electron chi connectivity index (χ0n) is 7.58. The van der Waals surface area contributed by atoms with E-state index in [1.807, 2.05) is 0 Å². The highest BCUT2D eigenvalue weighted by Crippen LogP contribution is 2.12. The summed E-state index contributed by atoms with van der Waals surface area (Å²) in [5, 5.41) is 8.63. The van der Waals surface area contributed by atoms with Crippen LogP contribution in [0.4, 0.5) is 4.39 Å². The molecule has 0 fully saturated rings. The van der Waals surface area contributed by atoms with E-state index in [0.29, 0.717) is 0 Å². The number of Topliss-reactive ketones (excluding diaryl/α,β-unsaturated/α-hetero) is 1. The summed E-state index contributed by atoms with van der Waals surface area (Å²) >= 11 is 0. The minimum atomic E-state index is -0.686. The lowest BCUT2D eigenvalue weighted by Crippen LogP contribution is -2.09. The molecule has 1 rings (SSSR count). The fourth-order valence-corrected chi connectivity index (χ4v) is 1.08. The van der Waals surface area contributed by atoms with E-state index in [1.54, 1.807) is 6.07 Å². The van der Waals surface area contributed by atoms with Crippen LogP contribution < -0.4 is 0 Å². The maximum absolute atomic E-state index is 13.0. The number of ketones is 1. The topological polar surface area (TPSA) is 50.1 Å². The third kappa shape index (κ3) is 1.95. The molecule has 14 heavy (non-hydrogen) atoms. The van der Waals surface area contributed by atoms with Crippen LogP contribution in [0.5, 0.6) is 0 Å². The molecule has 0 amide bonds. The first kappa shape index (κ1) is 10.4. The van der Waals surface area contributed by atoms with Crippen molar-refractivity contribution in [2.24, 2.45) is 0 Å². The number of nitriles is 1. The Bertz CT molecular complexity index is 396. The highest BCUT2D eigenvalue weighted by atomic mass is 19.1. The number of ether oxygens (including phenoxy) is 1. The molecule has 3 nitrogen and oxygen atoms in total. The molecule has 0 heterocycles. The second-order valence-corrected chi connectivity index (χ2v) is 2.63. The highest BCUT2D eigenvalue weighted by Gasteiger charge is 2.13. The maximum Gasteiger partial charge on any atom is 0.189 e. The lowest BCUT2D eigenvalue weighted by atomic mass is 10.0. The molecule has 0 N–H and O–H groups in total. The Morgan fingerprint density at radius 1 is 1.64 bits per heavy atom. The van der Waals surface area contributed by atoms with Crippen molar-refractivity contribution in [3.05, 3.63) is 35.1 Å². The van der Waals surface area contributed by atoms with Crippen molar-refractivity contribution in [3.8, 4) is 6.07 Å². The smallest absolute Gasteiger partial charge is 0.189 e. The van der Waals surface area contributed by atoms with Gasteiger partial charge in [0, 0.05) is 12.7 Å². The minimum Gasteiger partial charge on any atom is -0.377 e. The van der Waals surface area contributed by atoms with Crippen LogP contribution in [0.15, 0.2) is 18.2 Å². The first-order valence-corrected chi connectivity index (χ1v) is 3.91. The van der Waals surface area contributed by atoms with Crippen LogP contribution >= 0.6 is 0 Å². The summed E-state index contributed by atoms with van der Waals surface area (Å²) in [6.07, 6.45) is 0. The molecule has 0 radical (unpaired) electrons. The third-order valence-corrected chi connectivity index (χ3v) is 1.70. The van der Waals surface area contributed by atoms with Crippen molar-refractivity contribution in [1.29, 1.82) is 5.26 Å². The van der Waals surface area contributed by atoms with Crippen LogP contribution in [0.2, 0.25) is 0 Å². The van der Waals surface area contributed by atoms with Crippen molar-refractivity contribution >= 4 is 5.78 Å². The average Bonchev–Trinajstić information content (AvgIpc) is 2.17. The van der Waals surface area contributed by atoms with E-state index in [0.717, 1.165) is 6.07 Å². The van der Waals surface area contributed by atoms with Gasteiger partial charge in [-0.05, 0) is 12.1 Å². The summed E-state index contributed by atoms with van der Waals surface area (Å²) in [6, 6.07) is 5.59. The van der Waals surface area contributed by atoms with Crippen LogP contribution in [-0.2, 0) is 4.74 Å². The molecule has 0 saturated heterocycles. The zero-order valence-corrected chi connectivity index (χ0v) is 7.58. The summed E-state index contributed by atoms with van der Waals surface area (Å²) in [4.78, 5) is 11.3. The van der Waals surface area contributed by atoms with Crippen molar-refractivity contribution < 1.29 is 13.9 Å².